The number of aliphatic hydroxyl groups excluding tert-OH is 5. The lowest BCUT2D eigenvalue weighted by Gasteiger charge is -2.49. The van der Waals surface area contributed by atoms with Crippen molar-refractivity contribution >= 4 is 5.91 Å². The monoisotopic (exact) mass is 595 g/mol. The zero-order chi connectivity index (χ0) is 30.3. The van der Waals surface area contributed by atoms with Gasteiger partial charge in [0.1, 0.15) is 42.7 Å². The highest BCUT2D eigenvalue weighted by atomic mass is 16.7. The van der Waals surface area contributed by atoms with Crippen LogP contribution in [0.2, 0.25) is 0 Å². The van der Waals surface area contributed by atoms with Gasteiger partial charge >= 0.3 is 0 Å². The molecular formula is C24H49N7O10. The zero-order valence-electron chi connectivity index (χ0n) is 23.1. The number of hydrogen-bond acceptors (Lipinski definition) is 16. The Morgan fingerprint density at radius 2 is 1.61 bits per heavy atom. The van der Waals surface area contributed by atoms with Crippen molar-refractivity contribution < 1.29 is 49.3 Å². The molecule has 0 aromatic rings. The summed E-state index contributed by atoms with van der Waals surface area (Å²) in [6, 6.07) is -3.27. The van der Waals surface area contributed by atoms with E-state index in [1.807, 2.05) is 0 Å². The molecule has 1 saturated carbocycles. The third-order valence-corrected chi connectivity index (χ3v) is 7.88. The lowest BCUT2D eigenvalue weighted by Crippen LogP contribution is -2.69. The van der Waals surface area contributed by atoms with E-state index in [9.17, 15) is 30.3 Å². The first-order valence-corrected chi connectivity index (χ1v) is 14.2. The Balaban J connectivity index is 1.90. The fourth-order valence-corrected chi connectivity index (χ4v) is 5.45. The Morgan fingerprint density at radius 1 is 0.927 bits per heavy atom. The second-order valence-electron chi connectivity index (χ2n) is 10.9. The highest BCUT2D eigenvalue weighted by molar-refractivity contribution is 5.80. The molecule has 0 radical (unpaired) electrons. The summed E-state index contributed by atoms with van der Waals surface area (Å²) in [6.45, 7) is 0.322. The van der Waals surface area contributed by atoms with Crippen LogP contribution >= 0.6 is 0 Å². The number of carbonyl (C=O) groups excluding carboxylic acids is 1. The molecule has 2 saturated heterocycles. The summed E-state index contributed by atoms with van der Waals surface area (Å²) in [6.07, 6.45) is -10.6. The van der Waals surface area contributed by atoms with Crippen molar-refractivity contribution in [2.75, 3.05) is 32.8 Å². The van der Waals surface area contributed by atoms with Gasteiger partial charge in [-0.3, -0.25) is 4.79 Å². The largest absolute Gasteiger partial charge is 0.394 e. The summed E-state index contributed by atoms with van der Waals surface area (Å²) >= 11 is 0. The number of rotatable bonds is 13. The first-order chi connectivity index (χ1) is 19.6. The van der Waals surface area contributed by atoms with Crippen molar-refractivity contribution in [2.24, 2.45) is 28.7 Å². The normalized spacial score (nSPS) is 42.5. The van der Waals surface area contributed by atoms with Gasteiger partial charge in [0, 0.05) is 25.7 Å². The quantitative estimate of drug-likeness (QED) is 0.0941. The molecule has 3 rings (SSSR count). The Kier molecular flexibility index (Phi) is 13.5. The molecule has 1 aliphatic carbocycles. The lowest BCUT2D eigenvalue weighted by molar-refractivity contribution is -0.314. The van der Waals surface area contributed by atoms with Crippen LogP contribution in [-0.4, -0.2) is 150 Å². The molecule has 0 aromatic carbocycles. The topological polar surface area (TPSA) is 309 Å². The van der Waals surface area contributed by atoms with Crippen LogP contribution in [0.1, 0.15) is 25.7 Å². The molecule has 3 aliphatic rings. The number of nitrogens with two attached hydrogens (primary N) is 5. The summed E-state index contributed by atoms with van der Waals surface area (Å²) in [5.74, 6) is -0.743. The minimum Gasteiger partial charge on any atom is -0.394 e. The van der Waals surface area contributed by atoms with Gasteiger partial charge in [0.25, 0.3) is 0 Å². The van der Waals surface area contributed by atoms with Gasteiger partial charge in [-0.25, -0.2) is 0 Å². The molecule has 3 fully saturated rings. The molecule has 17 nitrogen and oxygen atoms in total. The maximum Gasteiger partial charge on any atom is 0.249 e. The highest BCUT2D eigenvalue weighted by Gasteiger charge is 2.51. The van der Waals surface area contributed by atoms with Crippen LogP contribution in [0.4, 0.5) is 0 Å². The van der Waals surface area contributed by atoms with E-state index in [0.29, 0.717) is 19.4 Å². The van der Waals surface area contributed by atoms with Crippen LogP contribution in [0.25, 0.3) is 0 Å². The highest BCUT2D eigenvalue weighted by Crippen LogP contribution is 2.32. The van der Waals surface area contributed by atoms with E-state index in [4.69, 9.17) is 47.6 Å². The Labute approximate surface area is 239 Å². The molecule has 0 unspecified atom stereocenters. The van der Waals surface area contributed by atoms with Crippen LogP contribution in [0.5, 0.6) is 0 Å². The van der Waals surface area contributed by atoms with E-state index in [-0.39, 0.29) is 38.6 Å². The van der Waals surface area contributed by atoms with Crippen molar-refractivity contribution in [3.05, 3.63) is 0 Å². The minimum atomic E-state index is -1.55. The Morgan fingerprint density at radius 3 is 2.24 bits per heavy atom. The third kappa shape index (κ3) is 8.49. The van der Waals surface area contributed by atoms with Crippen molar-refractivity contribution in [2.45, 2.75) is 111 Å². The standard InChI is InChI=1S/C24H49N7O10/c25-4-3-14(33)22(37)31-13-7-12(30-6-5-26)20(40-23-11(28)2-1-10(8-27)38-23)19(36)21(13)41-24-18(35)16(29)17(34)15(9-32)39-24/h10-21,23-24,30,32-36H,1-9,25-29H2,(H,31,37)/t10-,11+,12-,13+,14-,15+,16-,17+,18+,19+,20+,21-,23+,24+/m0/s1. The molecule has 41 heavy (non-hydrogen) atoms. The first-order valence-electron chi connectivity index (χ1n) is 14.2. The van der Waals surface area contributed by atoms with Gasteiger partial charge in [-0.15, -0.1) is 0 Å². The molecule has 17 heteroatoms. The number of hydrogen-bond donors (Lipinski definition) is 12. The van der Waals surface area contributed by atoms with Gasteiger partial charge in [0.2, 0.25) is 5.91 Å². The van der Waals surface area contributed by atoms with Gasteiger partial charge < -0.3 is 83.8 Å². The maximum absolute atomic E-state index is 12.8. The Bertz CT molecular complexity index is 804. The van der Waals surface area contributed by atoms with Gasteiger partial charge in [-0.2, -0.15) is 0 Å². The second-order valence-corrected chi connectivity index (χ2v) is 10.9. The average Bonchev–Trinajstić information content (AvgIpc) is 2.96. The van der Waals surface area contributed by atoms with Crippen molar-refractivity contribution in [3.8, 4) is 0 Å². The zero-order valence-corrected chi connectivity index (χ0v) is 23.1. The lowest BCUT2D eigenvalue weighted by atomic mass is 9.82. The minimum absolute atomic E-state index is 0.00179. The third-order valence-electron chi connectivity index (χ3n) is 7.88. The first kappa shape index (κ1) is 34.4. The molecule has 0 bridgehead atoms. The van der Waals surface area contributed by atoms with Crippen LogP contribution in [0.15, 0.2) is 0 Å². The van der Waals surface area contributed by atoms with E-state index in [0.717, 1.165) is 0 Å². The van der Waals surface area contributed by atoms with Gasteiger partial charge in [0.15, 0.2) is 12.6 Å². The molecule has 2 heterocycles. The van der Waals surface area contributed by atoms with Gasteiger partial charge in [-0.05, 0) is 32.2 Å². The predicted octanol–water partition coefficient (Wildman–Crippen LogP) is -6.81. The summed E-state index contributed by atoms with van der Waals surface area (Å²) in [5, 5.41) is 58.4. The summed E-state index contributed by atoms with van der Waals surface area (Å²) in [4.78, 5) is 12.8. The van der Waals surface area contributed by atoms with Crippen LogP contribution < -0.4 is 39.3 Å². The van der Waals surface area contributed by atoms with Crippen molar-refractivity contribution in [3.63, 3.8) is 0 Å². The van der Waals surface area contributed by atoms with Crippen LogP contribution in [0, 0.1) is 0 Å². The molecule has 0 spiro atoms. The second kappa shape index (κ2) is 16.1. The van der Waals surface area contributed by atoms with E-state index >= 15 is 0 Å². The van der Waals surface area contributed by atoms with E-state index < -0.39 is 92.0 Å². The summed E-state index contributed by atoms with van der Waals surface area (Å²) in [5.41, 5.74) is 29.2. The van der Waals surface area contributed by atoms with E-state index in [1.54, 1.807) is 0 Å². The Hall–Kier alpha value is -1.13. The maximum atomic E-state index is 12.8. The fourth-order valence-electron chi connectivity index (χ4n) is 5.45. The molecule has 2 aliphatic heterocycles. The number of aliphatic hydroxyl groups is 5. The number of carbonyl (C=O) groups is 1. The molecule has 14 atom stereocenters. The number of amides is 1. The molecule has 17 N–H and O–H groups in total. The van der Waals surface area contributed by atoms with Crippen molar-refractivity contribution in [1.82, 2.24) is 10.6 Å². The molecule has 240 valence electrons. The van der Waals surface area contributed by atoms with Gasteiger partial charge in [-0.1, -0.05) is 0 Å². The summed E-state index contributed by atoms with van der Waals surface area (Å²) in [7, 11) is 0. The molecule has 1 amide bonds. The predicted molar refractivity (Wildman–Crippen MR) is 143 cm³/mol. The molecule has 0 aromatic heterocycles. The SMILES string of the molecule is NCCN[C@H]1C[C@@H](NC(=O)[C@@H](O)CCN)[C@H](O[C@H]2O[C@H](CO)[C@@H](O)[C@H](N)[C@H]2O)[C@H](O)[C@@H]1O[C@H]1O[C@H](CN)CC[C@H]1N. The fraction of sp³-hybridized carbons (Fsp3) is 0.958. The van der Waals surface area contributed by atoms with Crippen LogP contribution in [-0.2, 0) is 23.7 Å². The van der Waals surface area contributed by atoms with Gasteiger partial charge in [0.05, 0.1) is 30.8 Å². The number of nitrogens with one attached hydrogen (secondary N) is 2. The van der Waals surface area contributed by atoms with Crippen molar-refractivity contribution in [1.29, 1.82) is 0 Å². The van der Waals surface area contributed by atoms with Crippen LogP contribution in [0.3, 0.4) is 0 Å². The average molecular weight is 596 g/mol. The smallest absolute Gasteiger partial charge is 0.249 e. The molecular weight excluding hydrogens is 546 g/mol. The number of ether oxygens (including phenoxy) is 4. The van der Waals surface area contributed by atoms with E-state index in [1.165, 1.54) is 0 Å². The van der Waals surface area contributed by atoms with E-state index in [2.05, 4.69) is 10.6 Å². The summed E-state index contributed by atoms with van der Waals surface area (Å²) < 4.78 is 23.8.